The maximum Gasteiger partial charge on any atom is 0.184 e. The Labute approximate surface area is 192 Å². The van der Waals surface area contributed by atoms with E-state index in [1.807, 2.05) is 91.0 Å². The van der Waals surface area contributed by atoms with Crippen molar-refractivity contribution in [3.8, 4) is 0 Å². The van der Waals surface area contributed by atoms with Crippen LogP contribution < -0.4 is 0 Å². The summed E-state index contributed by atoms with van der Waals surface area (Å²) in [4.78, 5) is 0. The monoisotopic (exact) mass is 446 g/mol. The van der Waals surface area contributed by atoms with Gasteiger partial charge in [0.1, 0.15) is 24.4 Å². The van der Waals surface area contributed by atoms with Crippen LogP contribution in [0.25, 0.3) is 0 Å². The largest absolute Gasteiger partial charge is 0.346 e. The first kappa shape index (κ1) is 21.0. The van der Waals surface area contributed by atoms with Crippen LogP contribution in [0, 0.1) is 0 Å². The van der Waals surface area contributed by atoms with Crippen LogP contribution in [0.2, 0.25) is 0 Å². The van der Waals surface area contributed by atoms with Gasteiger partial charge in [0.25, 0.3) is 0 Å². The molecule has 6 nitrogen and oxygen atoms in total. The molecule has 3 heterocycles. The number of hydrogen-bond donors (Lipinski definition) is 0. The normalized spacial score (nSPS) is 34.0. The van der Waals surface area contributed by atoms with Gasteiger partial charge in [0.2, 0.25) is 0 Å². The lowest BCUT2D eigenvalue weighted by Crippen LogP contribution is -2.57. The van der Waals surface area contributed by atoms with E-state index < -0.39 is 31.1 Å². The number of rotatable bonds is 3. The van der Waals surface area contributed by atoms with Gasteiger partial charge in [-0.05, 0) is 0 Å². The molecule has 3 unspecified atom stereocenters. The Balaban J connectivity index is 1.34. The Morgan fingerprint density at radius 1 is 0.424 bits per heavy atom. The van der Waals surface area contributed by atoms with Crippen LogP contribution in [0.1, 0.15) is 35.6 Å². The van der Waals surface area contributed by atoms with Crippen molar-refractivity contribution < 1.29 is 28.4 Å². The Kier molecular flexibility index (Phi) is 5.94. The van der Waals surface area contributed by atoms with Crippen molar-refractivity contribution in [3.63, 3.8) is 0 Å². The third-order valence-corrected chi connectivity index (χ3v) is 6.25. The highest BCUT2D eigenvalue weighted by Crippen LogP contribution is 2.41. The fraction of sp³-hybridized carbons (Fsp3) is 0.333. The number of ether oxygens (including phenoxy) is 6. The summed E-state index contributed by atoms with van der Waals surface area (Å²) in [6.07, 6.45) is -3.14. The summed E-state index contributed by atoms with van der Waals surface area (Å²) in [7, 11) is 0. The highest BCUT2D eigenvalue weighted by atomic mass is 16.8. The molecule has 6 rings (SSSR count). The second-order valence-corrected chi connectivity index (χ2v) is 8.44. The fourth-order valence-corrected chi connectivity index (χ4v) is 4.59. The van der Waals surface area contributed by atoms with Gasteiger partial charge >= 0.3 is 0 Å². The topological polar surface area (TPSA) is 55.4 Å². The summed E-state index contributed by atoms with van der Waals surface area (Å²) < 4.78 is 38.3. The molecule has 4 bridgehead atoms. The van der Waals surface area contributed by atoms with Gasteiger partial charge in [-0.1, -0.05) is 91.0 Å². The molecule has 0 amide bonds. The van der Waals surface area contributed by atoms with Crippen LogP contribution in [0.4, 0.5) is 0 Å². The summed E-state index contributed by atoms with van der Waals surface area (Å²) in [5.74, 6) is 0. The van der Waals surface area contributed by atoms with E-state index in [0.29, 0.717) is 13.2 Å². The van der Waals surface area contributed by atoms with Crippen molar-refractivity contribution in [3.05, 3.63) is 108 Å². The molecule has 6 heteroatoms. The molecule has 0 saturated carbocycles. The van der Waals surface area contributed by atoms with Crippen molar-refractivity contribution in [1.29, 1.82) is 0 Å². The third-order valence-electron chi connectivity index (χ3n) is 6.25. The average Bonchev–Trinajstić information content (AvgIpc) is 3.09. The molecule has 0 radical (unpaired) electrons. The summed E-state index contributed by atoms with van der Waals surface area (Å²) >= 11 is 0. The first-order valence-corrected chi connectivity index (χ1v) is 11.3. The van der Waals surface area contributed by atoms with Gasteiger partial charge in [-0.25, -0.2) is 0 Å². The van der Waals surface area contributed by atoms with Crippen LogP contribution in [0.3, 0.4) is 0 Å². The smallest absolute Gasteiger partial charge is 0.184 e. The van der Waals surface area contributed by atoms with E-state index >= 15 is 0 Å². The minimum absolute atomic E-state index is 0.307. The maximum absolute atomic E-state index is 6.49. The minimum atomic E-state index is -0.542. The van der Waals surface area contributed by atoms with Crippen LogP contribution in [0.5, 0.6) is 0 Å². The molecule has 0 spiro atoms. The summed E-state index contributed by atoms with van der Waals surface area (Å²) in [6.45, 7) is 0.614. The lowest BCUT2D eigenvalue weighted by molar-refractivity contribution is -0.354. The van der Waals surface area contributed by atoms with Crippen molar-refractivity contribution in [2.75, 3.05) is 13.2 Å². The lowest BCUT2D eigenvalue weighted by atomic mass is 10.00. The Morgan fingerprint density at radius 3 is 1.27 bits per heavy atom. The van der Waals surface area contributed by atoms with Gasteiger partial charge in [-0.15, -0.1) is 0 Å². The predicted molar refractivity (Wildman–Crippen MR) is 119 cm³/mol. The molecule has 0 N–H and O–H groups in total. The van der Waals surface area contributed by atoms with E-state index in [1.165, 1.54) is 0 Å². The standard InChI is InChI=1S/C27H26O6/c1-4-10-18(11-5-1)25-28-17-22-23-24(33-27(31-22)20-14-8-3-9-15-20)21(30-25)16-29-26(32-23)19-12-6-2-7-13-19/h1-15,21-27H,16-17H2/t21-,22+,23+,24+,25?,26?,27?/m0/s1. The second-order valence-electron chi connectivity index (χ2n) is 8.44. The highest BCUT2D eigenvalue weighted by molar-refractivity contribution is 5.19. The first-order valence-electron chi connectivity index (χ1n) is 11.3. The van der Waals surface area contributed by atoms with Crippen molar-refractivity contribution in [2.24, 2.45) is 0 Å². The molecule has 33 heavy (non-hydrogen) atoms. The van der Waals surface area contributed by atoms with E-state index in [0.717, 1.165) is 16.7 Å². The number of hydrogen-bond acceptors (Lipinski definition) is 6. The molecule has 3 fully saturated rings. The molecule has 7 atom stereocenters. The molecular weight excluding hydrogens is 420 g/mol. The molecule has 0 aromatic heterocycles. The zero-order valence-corrected chi connectivity index (χ0v) is 18.1. The van der Waals surface area contributed by atoms with Gasteiger partial charge < -0.3 is 28.4 Å². The molecular formula is C27H26O6. The van der Waals surface area contributed by atoms with Gasteiger partial charge in [0.05, 0.1) is 13.2 Å². The molecule has 3 aliphatic rings. The molecule has 3 aliphatic heterocycles. The Hall–Kier alpha value is -2.58. The van der Waals surface area contributed by atoms with Gasteiger partial charge in [-0.3, -0.25) is 0 Å². The van der Waals surface area contributed by atoms with E-state index in [9.17, 15) is 0 Å². The number of benzene rings is 3. The maximum atomic E-state index is 6.49. The molecule has 3 saturated heterocycles. The quantitative estimate of drug-likeness (QED) is 0.582. The minimum Gasteiger partial charge on any atom is -0.346 e. The van der Waals surface area contributed by atoms with Gasteiger partial charge in [0.15, 0.2) is 18.9 Å². The van der Waals surface area contributed by atoms with Crippen molar-refractivity contribution >= 4 is 0 Å². The zero-order valence-electron chi connectivity index (χ0n) is 18.1. The summed E-state index contributed by atoms with van der Waals surface area (Å²) in [5, 5.41) is 0. The average molecular weight is 446 g/mol. The molecule has 3 aromatic carbocycles. The van der Waals surface area contributed by atoms with Crippen LogP contribution in [-0.2, 0) is 28.4 Å². The molecule has 0 aliphatic carbocycles. The van der Waals surface area contributed by atoms with Crippen LogP contribution >= 0.6 is 0 Å². The van der Waals surface area contributed by atoms with Crippen LogP contribution in [-0.4, -0.2) is 37.6 Å². The molecule has 170 valence electrons. The van der Waals surface area contributed by atoms with Crippen molar-refractivity contribution in [2.45, 2.75) is 43.3 Å². The van der Waals surface area contributed by atoms with E-state index in [1.54, 1.807) is 0 Å². The first-order chi connectivity index (χ1) is 16.3. The van der Waals surface area contributed by atoms with Crippen molar-refractivity contribution in [1.82, 2.24) is 0 Å². The predicted octanol–water partition coefficient (Wildman–Crippen LogP) is 4.70. The summed E-state index contributed by atoms with van der Waals surface area (Å²) in [6, 6.07) is 29.7. The van der Waals surface area contributed by atoms with E-state index in [-0.39, 0.29) is 12.2 Å². The van der Waals surface area contributed by atoms with Gasteiger partial charge in [0, 0.05) is 16.7 Å². The summed E-state index contributed by atoms with van der Waals surface area (Å²) in [5.41, 5.74) is 2.84. The van der Waals surface area contributed by atoms with E-state index in [4.69, 9.17) is 28.4 Å². The second kappa shape index (κ2) is 9.35. The van der Waals surface area contributed by atoms with Crippen LogP contribution in [0.15, 0.2) is 91.0 Å². The Morgan fingerprint density at radius 2 is 0.788 bits per heavy atom. The highest BCUT2D eigenvalue weighted by Gasteiger charge is 2.50. The van der Waals surface area contributed by atoms with Gasteiger partial charge in [-0.2, -0.15) is 0 Å². The Bertz CT molecular complexity index is 939. The van der Waals surface area contributed by atoms with E-state index in [2.05, 4.69) is 0 Å². The lowest BCUT2D eigenvalue weighted by Gasteiger charge is -2.45. The fourth-order valence-electron chi connectivity index (χ4n) is 4.59. The third kappa shape index (κ3) is 4.34. The SMILES string of the molecule is c1ccc(C2OC[C@@H]3OC(c4ccccc4)OC[C@H]4OC(c5ccccc5)O[C@H]3[C@@H]4O2)cc1. The zero-order chi connectivity index (χ0) is 22.0. The molecule has 3 aromatic rings.